The number of hydrogen-bond acceptors (Lipinski definition) is 4. The molecule has 0 saturated carbocycles. The molecule has 0 aliphatic carbocycles. The molecule has 0 atom stereocenters. The Kier molecular flexibility index (Phi) is 3.47. The topological polar surface area (TPSA) is 57.7 Å². The van der Waals surface area contributed by atoms with Gasteiger partial charge in [0.15, 0.2) is 0 Å². The van der Waals surface area contributed by atoms with Gasteiger partial charge in [0, 0.05) is 19.7 Å². The zero-order chi connectivity index (χ0) is 15.7. The van der Waals surface area contributed by atoms with Crippen LogP contribution in [0.5, 0.6) is 0 Å². The molecule has 2 aromatic heterocycles. The number of anilines is 2. The van der Waals surface area contributed by atoms with E-state index < -0.39 is 5.82 Å². The Morgan fingerprint density at radius 1 is 1.32 bits per heavy atom. The number of imidazole rings is 1. The van der Waals surface area contributed by atoms with Gasteiger partial charge in [0.25, 0.3) is 0 Å². The lowest BCUT2D eigenvalue weighted by atomic mass is 10.2. The number of aryl methyl sites for hydroxylation is 1. The van der Waals surface area contributed by atoms with E-state index in [1.807, 2.05) is 30.7 Å². The highest BCUT2D eigenvalue weighted by molar-refractivity contribution is 5.79. The van der Waals surface area contributed by atoms with E-state index in [0.717, 1.165) is 11.0 Å². The number of fused-ring (bicyclic) bond motifs is 1. The van der Waals surface area contributed by atoms with Crippen LogP contribution < -0.4 is 4.90 Å². The minimum Gasteiger partial charge on any atom is -0.334 e. The molecule has 3 rings (SSSR count). The second kappa shape index (κ2) is 5.45. The van der Waals surface area contributed by atoms with E-state index in [4.69, 9.17) is 5.26 Å². The molecule has 0 radical (unpaired) electrons. The van der Waals surface area contributed by atoms with Crippen molar-refractivity contribution in [2.24, 2.45) is 7.05 Å². The third kappa shape index (κ3) is 2.27. The van der Waals surface area contributed by atoms with E-state index in [1.165, 1.54) is 6.07 Å². The number of aromatic nitrogens is 3. The maximum Gasteiger partial charge on any atom is 0.148 e. The smallest absolute Gasteiger partial charge is 0.148 e. The van der Waals surface area contributed by atoms with Crippen LogP contribution >= 0.6 is 0 Å². The van der Waals surface area contributed by atoms with Crippen LogP contribution in [-0.2, 0) is 7.05 Å². The van der Waals surface area contributed by atoms with Gasteiger partial charge >= 0.3 is 0 Å². The molecule has 22 heavy (non-hydrogen) atoms. The fourth-order valence-corrected chi connectivity index (χ4v) is 2.42. The number of rotatable bonds is 3. The van der Waals surface area contributed by atoms with E-state index >= 15 is 0 Å². The minimum absolute atomic E-state index is 0.298. The number of nitrogens with zero attached hydrogens (tertiary/aromatic N) is 5. The van der Waals surface area contributed by atoms with Crippen LogP contribution in [0.3, 0.4) is 0 Å². The van der Waals surface area contributed by atoms with Crippen molar-refractivity contribution in [1.29, 1.82) is 5.26 Å². The zero-order valence-corrected chi connectivity index (χ0v) is 12.3. The molecular weight excluding hydrogens is 281 g/mol. The van der Waals surface area contributed by atoms with Crippen LogP contribution in [0.2, 0.25) is 0 Å². The molecule has 1 aromatic carbocycles. The lowest BCUT2D eigenvalue weighted by Crippen LogP contribution is -2.18. The van der Waals surface area contributed by atoms with Gasteiger partial charge in [-0.1, -0.05) is 0 Å². The highest BCUT2D eigenvalue weighted by atomic mass is 19.1. The minimum atomic E-state index is -0.437. The lowest BCUT2D eigenvalue weighted by Gasteiger charge is -2.22. The van der Waals surface area contributed by atoms with Crippen LogP contribution in [0.15, 0.2) is 36.8 Å². The number of halogens is 1. The number of pyridine rings is 1. The molecule has 5 nitrogen and oxygen atoms in total. The Labute approximate surface area is 127 Å². The average molecular weight is 295 g/mol. The second-order valence-electron chi connectivity index (χ2n) is 4.91. The summed E-state index contributed by atoms with van der Waals surface area (Å²) < 4.78 is 16.1. The van der Waals surface area contributed by atoms with Crippen molar-refractivity contribution in [1.82, 2.24) is 14.5 Å². The summed E-state index contributed by atoms with van der Waals surface area (Å²) in [6.45, 7) is 2.48. The van der Waals surface area contributed by atoms with Gasteiger partial charge in [-0.15, -0.1) is 0 Å². The number of hydrogen-bond donors (Lipinski definition) is 0. The van der Waals surface area contributed by atoms with Crippen molar-refractivity contribution >= 4 is 22.5 Å². The summed E-state index contributed by atoms with van der Waals surface area (Å²) in [4.78, 5) is 10.4. The van der Waals surface area contributed by atoms with Crippen molar-refractivity contribution in [2.75, 3.05) is 11.4 Å². The van der Waals surface area contributed by atoms with Crippen LogP contribution in [0.25, 0.3) is 11.0 Å². The fraction of sp³-hybridized carbons (Fsp3) is 0.188. The summed E-state index contributed by atoms with van der Waals surface area (Å²) in [6, 6.07) is 8.25. The molecule has 0 spiro atoms. The first-order valence-electron chi connectivity index (χ1n) is 6.88. The average Bonchev–Trinajstić information content (AvgIpc) is 2.90. The van der Waals surface area contributed by atoms with Gasteiger partial charge < -0.3 is 9.47 Å². The molecule has 0 unspecified atom stereocenters. The standard InChI is InChI=1S/C16H14FN5/c1-3-22(14-5-4-11(8-18)6-12(14)17)16-7-15-13(9-19-16)20-10-21(15)2/h4-7,9-10H,3H2,1-2H3. The maximum absolute atomic E-state index is 14.3. The molecule has 0 saturated heterocycles. The summed E-state index contributed by atoms with van der Waals surface area (Å²) in [7, 11) is 1.90. The molecule has 3 aromatic rings. The van der Waals surface area contributed by atoms with E-state index in [9.17, 15) is 4.39 Å². The Balaban J connectivity index is 2.09. The molecule has 0 aliphatic rings. The highest BCUT2D eigenvalue weighted by Gasteiger charge is 2.15. The summed E-state index contributed by atoms with van der Waals surface area (Å²) in [6.07, 6.45) is 3.39. The van der Waals surface area contributed by atoms with E-state index in [0.29, 0.717) is 23.6 Å². The van der Waals surface area contributed by atoms with Gasteiger partial charge in [0.2, 0.25) is 0 Å². The quantitative estimate of drug-likeness (QED) is 0.745. The maximum atomic E-state index is 14.3. The molecular formula is C16H14FN5. The summed E-state index contributed by atoms with van der Waals surface area (Å²) in [5.74, 6) is 0.204. The highest BCUT2D eigenvalue weighted by Crippen LogP contribution is 2.28. The van der Waals surface area contributed by atoms with Crippen molar-refractivity contribution in [3.8, 4) is 6.07 Å². The fourth-order valence-electron chi connectivity index (χ4n) is 2.42. The normalized spacial score (nSPS) is 10.6. The monoisotopic (exact) mass is 295 g/mol. The van der Waals surface area contributed by atoms with Gasteiger partial charge in [0.05, 0.1) is 35.4 Å². The van der Waals surface area contributed by atoms with Gasteiger partial charge in [-0.25, -0.2) is 14.4 Å². The Hall–Kier alpha value is -2.94. The largest absolute Gasteiger partial charge is 0.334 e. The van der Waals surface area contributed by atoms with Gasteiger partial charge in [0.1, 0.15) is 17.2 Å². The van der Waals surface area contributed by atoms with Crippen molar-refractivity contribution < 1.29 is 4.39 Å². The summed E-state index contributed by atoms with van der Waals surface area (Å²) in [5.41, 5.74) is 2.42. The lowest BCUT2D eigenvalue weighted by molar-refractivity contribution is 0.624. The molecule has 0 fully saturated rings. The molecule has 6 heteroatoms. The van der Waals surface area contributed by atoms with Gasteiger partial charge in [-0.05, 0) is 25.1 Å². The SMILES string of the molecule is CCN(c1cc2c(cn1)ncn2C)c1ccc(C#N)cc1F. The van der Waals surface area contributed by atoms with Gasteiger partial charge in [-0.3, -0.25) is 0 Å². The first-order valence-corrected chi connectivity index (χ1v) is 6.88. The van der Waals surface area contributed by atoms with E-state index in [1.54, 1.807) is 29.6 Å². The molecule has 0 aliphatic heterocycles. The Morgan fingerprint density at radius 3 is 2.82 bits per heavy atom. The molecule has 0 N–H and O–H groups in total. The third-order valence-electron chi connectivity index (χ3n) is 3.56. The van der Waals surface area contributed by atoms with Crippen LogP contribution in [0.4, 0.5) is 15.9 Å². The van der Waals surface area contributed by atoms with Gasteiger partial charge in [-0.2, -0.15) is 5.26 Å². The van der Waals surface area contributed by atoms with Crippen molar-refractivity contribution in [3.05, 3.63) is 48.2 Å². The van der Waals surface area contributed by atoms with Crippen LogP contribution in [-0.4, -0.2) is 21.1 Å². The van der Waals surface area contributed by atoms with Crippen molar-refractivity contribution in [3.63, 3.8) is 0 Å². The second-order valence-corrected chi connectivity index (χ2v) is 4.91. The third-order valence-corrected chi connectivity index (χ3v) is 3.56. The predicted molar refractivity (Wildman–Crippen MR) is 82.3 cm³/mol. The molecule has 110 valence electrons. The Bertz CT molecular complexity index is 878. The van der Waals surface area contributed by atoms with E-state index in [-0.39, 0.29) is 0 Å². The zero-order valence-electron chi connectivity index (χ0n) is 12.3. The first kappa shape index (κ1) is 14.0. The van der Waals surface area contributed by atoms with Crippen molar-refractivity contribution in [2.45, 2.75) is 6.92 Å². The number of benzene rings is 1. The summed E-state index contributed by atoms with van der Waals surface area (Å²) >= 11 is 0. The molecule has 0 amide bonds. The number of nitriles is 1. The molecule has 2 heterocycles. The van der Waals surface area contributed by atoms with E-state index in [2.05, 4.69) is 9.97 Å². The first-order chi connectivity index (χ1) is 10.6. The van der Waals surface area contributed by atoms with Crippen LogP contribution in [0, 0.1) is 17.1 Å². The van der Waals surface area contributed by atoms with Crippen LogP contribution in [0.1, 0.15) is 12.5 Å². The predicted octanol–water partition coefficient (Wildman–Crippen LogP) is 3.14. The summed E-state index contributed by atoms with van der Waals surface area (Å²) in [5, 5.41) is 8.84. The molecule has 0 bridgehead atoms. The Morgan fingerprint density at radius 2 is 2.14 bits per heavy atom.